The summed E-state index contributed by atoms with van der Waals surface area (Å²) in [7, 11) is 1.81. The Labute approximate surface area is 75.5 Å². The van der Waals surface area contributed by atoms with Crippen molar-refractivity contribution in [2.75, 3.05) is 13.6 Å². The number of nitrogens with zero attached hydrogens (tertiary/aromatic N) is 1. The smallest absolute Gasteiger partial charge is 0.0899 e. The molecule has 1 aliphatic heterocycles. The van der Waals surface area contributed by atoms with Crippen LogP contribution in [0.5, 0.6) is 0 Å². The van der Waals surface area contributed by atoms with Crippen LogP contribution in [0.3, 0.4) is 0 Å². The van der Waals surface area contributed by atoms with Crippen LogP contribution in [0.25, 0.3) is 0 Å². The summed E-state index contributed by atoms with van der Waals surface area (Å²) in [6.45, 7) is 2.64. The summed E-state index contributed by atoms with van der Waals surface area (Å²) in [5, 5.41) is 0. The van der Waals surface area contributed by atoms with Crippen molar-refractivity contribution >= 4 is 5.91 Å². The van der Waals surface area contributed by atoms with Gasteiger partial charge in [0.05, 0.1) is 5.91 Å². The fraction of sp³-hybridized carbons (Fsp3) is 0.571. The van der Waals surface area contributed by atoms with Gasteiger partial charge in [0.2, 0.25) is 0 Å². The zero-order valence-corrected chi connectivity index (χ0v) is 9.11. The molecular weight excluding hydrogens is 298 g/mol. The average Bonchev–Trinajstić information content (AvgIpc) is 2.15. The third-order valence-electron chi connectivity index (χ3n) is 1.60. The number of hydrogen-bond acceptors (Lipinski definition) is 1. The van der Waals surface area contributed by atoms with Crippen LogP contribution in [0, 0.1) is 6.08 Å². The van der Waals surface area contributed by atoms with Gasteiger partial charge in [-0.1, -0.05) is 0 Å². The number of allylic oxidation sites excluding steroid dienone is 1. The summed E-state index contributed by atoms with van der Waals surface area (Å²) in [5.41, 5.74) is 0.831. The van der Waals surface area contributed by atoms with Crippen molar-refractivity contribution in [2.24, 2.45) is 0 Å². The van der Waals surface area contributed by atoms with Gasteiger partial charge >= 0.3 is 0 Å². The van der Waals surface area contributed by atoms with Crippen LogP contribution in [0.1, 0.15) is 13.3 Å². The van der Waals surface area contributed by atoms with E-state index >= 15 is 0 Å². The van der Waals surface area contributed by atoms with E-state index in [1.54, 1.807) is 11.8 Å². The van der Waals surface area contributed by atoms with E-state index in [4.69, 9.17) is 0 Å². The Balaban J connectivity index is 0.000000810. The van der Waals surface area contributed by atoms with E-state index in [1.807, 2.05) is 7.05 Å². The van der Waals surface area contributed by atoms with Gasteiger partial charge in [0.1, 0.15) is 0 Å². The van der Waals surface area contributed by atoms with Gasteiger partial charge in [-0.05, 0) is 13.5 Å². The van der Waals surface area contributed by atoms with Gasteiger partial charge in [0.25, 0.3) is 0 Å². The molecule has 1 rings (SSSR count). The fourth-order valence-corrected chi connectivity index (χ4v) is 0.950. The monoisotopic (exact) mass is 308 g/mol. The molecule has 0 saturated carbocycles. The van der Waals surface area contributed by atoms with E-state index in [-0.39, 0.29) is 27.0 Å². The van der Waals surface area contributed by atoms with E-state index in [0.717, 1.165) is 18.5 Å². The van der Waals surface area contributed by atoms with Crippen molar-refractivity contribution in [1.82, 2.24) is 4.90 Å². The Morgan fingerprint density at radius 3 is 2.40 bits per heavy atom. The molecule has 1 saturated heterocycles. The molecule has 0 aromatic heterocycles. The minimum atomic E-state index is 0. The van der Waals surface area contributed by atoms with Crippen molar-refractivity contribution in [3.8, 4) is 0 Å². The first-order chi connectivity index (χ1) is 4.25. The molecule has 3 heteroatoms. The topological polar surface area (TPSA) is 20.3 Å². The fourth-order valence-electron chi connectivity index (χ4n) is 0.950. The predicted molar refractivity (Wildman–Crippen MR) is 34.7 cm³/mol. The molecule has 0 unspecified atom stereocenters. The molecule has 56 valence electrons. The molecule has 0 bridgehead atoms. The summed E-state index contributed by atoms with van der Waals surface area (Å²) in [5.74, 6) is 0.137. The van der Waals surface area contributed by atoms with Gasteiger partial charge in [-0.3, -0.25) is 6.08 Å². The molecule has 0 N–H and O–H groups in total. The molecule has 10 heavy (non-hydrogen) atoms. The molecule has 0 aromatic rings. The summed E-state index contributed by atoms with van der Waals surface area (Å²) in [6.07, 6.45) is 3.74. The van der Waals surface area contributed by atoms with Gasteiger partial charge in [-0.25, -0.2) is 0 Å². The maximum Gasteiger partial charge on any atom is 0.0899 e. The number of likely N-dealkylation sites (N-methyl/N-ethyl adjacent to an activating group) is 1. The van der Waals surface area contributed by atoms with Gasteiger partial charge < -0.3 is 9.69 Å². The number of carbonyl (C=O) groups is 1. The van der Waals surface area contributed by atoms with Crippen LogP contribution in [0.4, 0.5) is 0 Å². The largest absolute Gasteiger partial charge is 0.419 e. The number of amides is 1. The quantitative estimate of drug-likeness (QED) is 0.474. The van der Waals surface area contributed by atoms with Crippen molar-refractivity contribution in [1.29, 1.82) is 0 Å². The molecule has 0 radical (unpaired) electrons. The normalized spacial score (nSPS) is 21.6. The molecular formula is C7H10NOW-. The molecule has 0 aliphatic carbocycles. The predicted octanol–water partition coefficient (Wildman–Crippen LogP) is 0.595. The van der Waals surface area contributed by atoms with Crippen LogP contribution in [0.15, 0.2) is 5.57 Å². The Hall–Kier alpha value is -0.102. The molecule has 1 fully saturated rings. The van der Waals surface area contributed by atoms with Crippen molar-refractivity contribution in [2.45, 2.75) is 13.3 Å². The van der Waals surface area contributed by atoms with E-state index in [9.17, 15) is 4.79 Å². The number of hydrogen-bond donors (Lipinski definition) is 0. The minimum Gasteiger partial charge on any atom is -0.419 e. The number of likely N-dealkylation sites (tertiary alicyclic amines) is 1. The van der Waals surface area contributed by atoms with Crippen LogP contribution >= 0.6 is 0 Å². The van der Waals surface area contributed by atoms with Gasteiger partial charge in [-0.15, -0.1) is 6.92 Å². The number of carbonyl (C=O) groups excluding carboxylic acids is 1. The van der Waals surface area contributed by atoms with Crippen molar-refractivity contribution < 1.29 is 25.9 Å². The van der Waals surface area contributed by atoms with Crippen LogP contribution < -0.4 is 0 Å². The van der Waals surface area contributed by atoms with Gasteiger partial charge in [0, 0.05) is 27.6 Å². The Bertz CT molecular complexity index is 165. The first-order valence-corrected chi connectivity index (χ1v) is 3.04. The van der Waals surface area contributed by atoms with Gasteiger partial charge in [0.15, 0.2) is 0 Å². The second kappa shape index (κ2) is 3.92. The Kier molecular flexibility index (Phi) is 3.88. The molecule has 0 aromatic carbocycles. The van der Waals surface area contributed by atoms with Gasteiger partial charge in [-0.2, -0.15) is 5.57 Å². The summed E-state index contributed by atoms with van der Waals surface area (Å²) in [4.78, 5) is 12.7. The standard InChI is InChI=1S/C7H10NO.W/c1-3-6-4-5-8(2)7(6)9;/h4-5H2,1-2H3;/q-1;. The Morgan fingerprint density at radius 1 is 1.60 bits per heavy atom. The third-order valence-corrected chi connectivity index (χ3v) is 1.60. The molecule has 1 heterocycles. The zero-order chi connectivity index (χ0) is 6.85. The third kappa shape index (κ3) is 1.69. The number of rotatable bonds is 0. The van der Waals surface area contributed by atoms with Crippen molar-refractivity contribution in [3.05, 3.63) is 11.6 Å². The maximum absolute atomic E-state index is 11.0. The first kappa shape index (κ1) is 9.90. The van der Waals surface area contributed by atoms with Crippen molar-refractivity contribution in [3.63, 3.8) is 0 Å². The van der Waals surface area contributed by atoms with Crippen LogP contribution in [0.2, 0.25) is 0 Å². The summed E-state index contributed by atoms with van der Waals surface area (Å²) >= 11 is 0. The van der Waals surface area contributed by atoms with Crippen LogP contribution in [-0.4, -0.2) is 24.4 Å². The van der Waals surface area contributed by atoms with E-state index in [1.165, 1.54) is 0 Å². The SMILES string of the molecule is C[C-]=C1CCN(C)C1=O.[W]. The molecule has 2 nitrogen and oxygen atoms in total. The molecule has 1 amide bonds. The zero-order valence-electron chi connectivity index (χ0n) is 6.18. The second-order valence-corrected chi connectivity index (χ2v) is 2.21. The van der Waals surface area contributed by atoms with Crippen LogP contribution in [-0.2, 0) is 25.9 Å². The maximum atomic E-state index is 11.0. The molecule has 1 aliphatic rings. The second-order valence-electron chi connectivity index (χ2n) is 2.21. The van der Waals surface area contributed by atoms with E-state index in [0.29, 0.717) is 0 Å². The summed E-state index contributed by atoms with van der Waals surface area (Å²) < 4.78 is 0. The first-order valence-electron chi connectivity index (χ1n) is 3.04. The summed E-state index contributed by atoms with van der Waals surface area (Å²) in [6, 6.07) is 0. The molecule has 0 atom stereocenters. The Morgan fingerprint density at radius 2 is 2.20 bits per heavy atom. The average molecular weight is 308 g/mol. The van der Waals surface area contributed by atoms with E-state index < -0.39 is 0 Å². The molecule has 0 spiro atoms. The van der Waals surface area contributed by atoms with E-state index in [2.05, 4.69) is 6.08 Å². The minimum absolute atomic E-state index is 0.